The molecule has 0 aliphatic carbocycles. The van der Waals surface area contributed by atoms with Crippen molar-refractivity contribution >= 4 is 17.3 Å². The van der Waals surface area contributed by atoms with Gasteiger partial charge < -0.3 is 16.0 Å². The zero-order valence-corrected chi connectivity index (χ0v) is 9.79. The molecule has 8 nitrogen and oxygen atoms in total. The van der Waals surface area contributed by atoms with Gasteiger partial charge in [-0.05, 0) is 12.1 Å². The van der Waals surface area contributed by atoms with Gasteiger partial charge in [0.2, 0.25) is 5.91 Å². The number of primary amides is 1. The Balaban J connectivity index is 2.27. The number of nitro benzene ring substituents is 1. The first-order valence-electron chi connectivity index (χ1n) is 5.37. The molecule has 19 heavy (non-hydrogen) atoms. The highest BCUT2D eigenvalue weighted by atomic mass is 16.6. The van der Waals surface area contributed by atoms with E-state index in [1.54, 1.807) is 6.20 Å². The Bertz CT molecular complexity index is 609. The summed E-state index contributed by atoms with van der Waals surface area (Å²) in [5, 5.41) is 13.8. The molecule has 2 rings (SSSR count). The Morgan fingerprint density at radius 2 is 2.32 bits per heavy atom. The van der Waals surface area contributed by atoms with Gasteiger partial charge in [-0.2, -0.15) is 0 Å². The van der Waals surface area contributed by atoms with Gasteiger partial charge in [-0.3, -0.25) is 14.9 Å². The lowest BCUT2D eigenvalue weighted by atomic mass is 10.1. The van der Waals surface area contributed by atoms with Crippen molar-refractivity contribution in [1.82, 2.24) is 9.97 Å². The van der Waals surface area contributed by atoms with Gasteiger partial charge in [-0.25, -0.2) is 4.98 Å². The van der Waals surface area contributed by atoms with Crippen molar-refractivity contribution < 1.29 is 9.72 Å². The van der Waals surface area contributed by atoms with Gasteiger partial charge in [0.25, 0.3) is 5.69 Å². The van der Waals surface area contributed by atoms with Crippen LogP contribution in [0.4, 0.5) is 11.4 Å². The standard InChI is InChI=1S/C11H11N5O3/c12-11(17)7-1-2-10(16(18)19)9(3-7)14-5-8-4-13-6-15-8/h1-4,6,14H,5H2,(H2,12,17)(H,13,15). The number of H-pyrrole nitrogens is 1. The van der Waals surface area contributed by atoms with Gasteiger partial charge in [0, 0.05) is 17.8 Å². The van der Waals surface area contributed by atoms with Crippen molar-refractivity contribution in [3.8, 4) is 0 Å². The first-order chi connectivity index (χ1) is 9.08. The number of nitrogens with zero attached hydrogens (tertiary/aromatic N) is 2. The molecule has 0 aliphatic rings. The van der Waals surface area contributed by atoms with Crippen LogP contribution in [0.15, 0.2) is 30.7 Å². The lowest BCUT2D eigenvalue weighted by Gasteiger charge is -2.07. The summed E-state index contributed by atoms with van der Waals surface area (Å²) in [5.74, 6) is -0.639. The van der Waals surface area contributed by atoms with Crippen LogP contribution in [0.2, 0.25) is 0 Å². The number of aromatic nitrogens is 2. The minimum absolute atomic E-state index is 0.121. The Kier molecular flexibility index (Phi) is 3.42. The quantitative estimate of drug-likeness (QED) is 0.547. The average Bonchev–Trinajstić information content (AvgIpc) is 2.88. The van der Waals surface area contributed by atoms with E-state index < -0.39 is 10.8 Å². The molecule has 1 aromatic carbocycles. The summed E-state index contributed by atoms with van der Waals surface area (Å²) in [4.78, 5) is 28.1. The first-order valence-corrected chi connectivity index (χ1v) is 5.37. The fraction of sp³-hybridized carbons (Fsp3) is 0.0909. The molecular weight excluding hydrogens is 250 g/mol. The average molecular weight is 261 g/mol. The Morgan fingerprint density at radius 1 is 1.53 bits per heavy atom. The minimum Gasteiger partial charge on any atom is -0.374 e. The largest absolute Gasteiger partial charge is 0.374 e. The molecule has 0 atom stereocenters. The van der Waals surface area contributed by atoms with Crippen LogP contribution in [-0.2, 0) is 6.54 Å². The summed E-state index contributed by atoms with van der Waals surface area (Å²) in [6.45, 7) is 0.322. The van der Waals surface area contributed by atoms with E-state index in [-0.39, 0.29) is 16.9 Å². The molecule has 0 spiro atoms. The maximum Gasteiger partial charge on any atom is 0.292 e. The summed E-state index contributed by atoms with van der Waals surface area (Å²) >= 11 is 0. The van der Waals surface area contributed by atoms with E-state index in [1.165, 1.54) is 24.5 Å². The van der Waals surface area contributed by atoms with Crippen molar-refractivity contribution in [2.45, 2.75) is 6.54 Å². The van der Waals surface area contributed by atoms with E-state index >= 15 is 0 Å². The predicted octanol–water partition coefficient (Wildman–Crippen LogP) is 1.03. The zero-order valence-electron chi connectivity index (χ0n) is 9.79. The lowest BCUT2D eigenvalue weighted by molar-refractivity contribution is -0.384. The molecular formula is C11H11N5O3. The molecule has 1 aromatic heterocycles. The highest BCUT2D eigenvalue weighted by Gasteiger charge is 2.15. The molecule has 1 heterocycles. The van der Waals surface area contributed by atoms with Crippen LogP contribution in [0.1, 0.15) is 16.1 Å². The van der Waals surface area contributed by atoms with E-state index in [4.69, 9.17) is 5.73 Å². The molecule has 4 N–H and O–H groups in total. The van der Waals surface area contributed by atoms with Crippen LogP contribution in [0.25, 0.3) is 0 Å². The number of nitrogens with two attached hydrogens (primary N) is 1. The molecule has 0 unspecified atom stereocenters. The number of imidazole rings is 1. The van der Waals surface area contributed by atoms with Crippen molar-refractivity contribution in [3.05, 3.63) is 52.1 Å². The molecule has 8 heteroatoms. The van der Waals surface area contributed by atoms with Crippen molar-refractivity contribution in [2.24, 2.45) is 5.73 Å². The van der Waals surface area contributed by atoms with Gasteiger partial charge in [-0.1, -0.05) is 0 Å². The third-order valence-electron chi connectivity index (χ3n) is 2.50. The molecule has 98 valence electrons. The number of anilines is 1. The van der Waals surface area contributed by atoms with Gasteiger partial charge in [0.15, 0.2) is 0 Å². The summed E-state index contributed by atoms with van der Waals surface area (Å²) < 4.78 is 0. The molecule has 0 bridgehead atoms. The van der Waals surface area contributed by atoms with E-state index in [0.717, 1.165) is 5.69 Å². The van der Waals surface area contributed by atoms with Gasteiger partial charge in [0.1, 0.15) is 5.69 Å². The van der Waals surface area contributed by atoms with Crippen LogP contribution in [-0.4, -0.2) is 20.8 Å². The molecule has 0 saturated carbocycles. The molecule has 0 radical (unpaired) electrons. The second-order valence-electron chi connectivity index (χ2n) is 3.78. The van der Waals surface area contributed by atoms with Crippen LogP contribution in [0, 0.1) is 10.1 Å². The topological polar surface area (TPSA) is 127 Å². The maximum atomic E-state index is 11.1. The fourth-order valence-electron chi connectivity index (χ4n) is 1.56. The summed E-state index contributed by atoms with van der Waals surface area (Å²) in [6.07, 6.45) is 3.10. The van der Waals surface area contributed by atoms with Crippen molar-refractivity contribution in [2.75, 3.05) is 5.32 Å². The number of nitrogens with one attached hydrogen (secondary N) is 2. The number of carbonyl (C=O) groups is 1. The highest BCUT2D eigenvalue weighted by molar-refractivity contribution is 5.94. The van der Waals surface area contributed by atoms with Gasteiger partial charge >= 0.3 is 0 Å². The molecule has 2 aromatic rings. The molecule has 0 saturated heterocycles. The number of rotatable bonds is 5. The molecule has 0 fully saturated rings. The number of hydrogen-bond acceptors (Lipinski definition) is 5. The minimum atomic E-state index is -0.639. The first kappa shape index (κ1) is 12.6. The molecule has 1 amide bonds. The monoisotopic (exact) mass is 261 g/mol. The second kappa shape index (κ2) is 5.17. The number of carbonyl (C=O) groups excluding carboxylic acids is 1. The summed E-state index contributed by atoms with van der Waals surface area (Å²) in [6, 6.07) is 3.92. The Morgan fingerprint density at radius 3 is 2.89 bits per heavy atom. The maximum absolute atomic E-state index is 11.1. The van der Waals surface area contributed by atoms with E-state index in [1.807, 2.05) is 0 Å². The van der Waals surface area contributed by atoms with Crippen LogP contribution in [0.5, 0.6) is 0 Å². The SMILES string of the molecule is NC(=O)c1ccc([N+](=O)[O-])c(NCc2cnc[nH]2)c1. The van der Waals surface area contributed by atoms with E-state index in [2.05, 4.69) is 15.3 Å². The number of hydrogen-bond donors (Lipinski definition) is 3. The van der Waals surface area contributed by atoms with Crippen LogP contribution >= 0.6 is 0 Å². The lowest BCUT2D eigenvalue weighted by Crippen LogP contribution is -2.12. The zero-order chi connectivity index (χ0) is 13.8. The molecule has 0 aliphatic heterocycles. The van der Waals surface area contributed by atoms with E-state index in [0.29, 0.717) is 6.54 Å². The Hall–Kier alpha value is -2.90. The summed E-state index contributed by atoms with van der Waals surface area (Å²) in [5.41, 5.74) is 6.23. The summed E-state index contributed by atoms with van der Waals surface area (Å²) in [7, 11) is 0. The smallest absolute Gasteiger partial charge is 0.292 e. The highest BCUT2D eigenvalue weighted by Crippen LogP contribution is 2.25. The van der Waals surface area contributed by atoms with Crippen LogP contribution < -0.4 is 11.1 Å². The number of benzene rings is 1. The van der Waals surface area contributed by atoms with Gasteiger partial charge in [0.05, 0.1) is 23.5 Å². The number of amides is 1. The fourth-order valence-corrected chi connectivity index (χ4v) is 1.56. The van der Waals surface area contributed by atoms with Crippen LogP contribution in [0.3, 0.4) is 0 Å². The third-order valence-corrected chi connectivity index (χ3v) is 2.50. The second-order valence-corrected chi connectivity index (χ2v) is 3.78. The number of nitro groups is 1. The van der Waals surface area contributed by atoms with E-state index in [9.17, 15) is 14.9 Å². The Labute approximate surface area is 107 Å². The predicted molar refractivity (Wildman–Crippen MR) is 67.5 cm³/mol. The number of aromatic amines is 1. The van der Waals surface area contributed by atoms with Gasteiger partial charge in [-0.15, -0.1) is 0 Å². The normalized spacial score (nSPS) is 10.1. The third kappa shape index (κ3) is 2.86. The van der Waals surface area contributed by atoms with Crippen molar-refractivity contribution in [1.29, 1.82) is 0 Å². The van der Waals surface area contributed by atoms with Crippen molar-refractivity contribution in [3.63, 3.8) is 0 Å².